The van der Waals surface area contributed by atoms with Crippen LogP contribution in [0, 0.1) is 11.7 Å². The second-order valence-electron chi connectivity index (χ2n) is 3.87. The molecular weight excluding hydrogens is 191 g/mol. The summed E-state index contributed by atoms with van der Waals surface area (Å²) in [6, 6.07) is 6.38. The zero-order valence-corrected chi connectivity index (χ0v) is 9.08. The molecule has 1 nitrogen and oxygen atoms in total. The van der Waals surface area contributed by atoms with Crippen molar-refractivity contribution in [2.45, 2.75) is 32.6 Å². The lowest BCUT2D eigenvalue weighted by Crippen LogP contribution is -2.06. The van der Waals surface area contributed by atoms with Crippen LogP contribution in [0.4, 0.5) is 4.39 Å². The summed E-state index contributed by atoms with van der Waals surface area (Å²) >= 11 is 0. The third kappa shape index (κ3) is 4.24. The van der Waals surface area contributed by atoms with Crippen LogP contribution < -0.4 is 0 Å². The van der Waals surface area contributed by atoms with Crippen LogP contribution in [0.2, 0.25) is 0 Å². The van der Waals surface area contributed by atoms with Crippen molar-refractivity contribution >= 4 is 6.29 Å². The van der Waals surface area contributed by atoms with Gasteiger partial charge in [0.1, 0.15) is 12.1 Å². The summed E-state index contributed by atoms with van der Waals surface area (Å²) in [5, 5.41) is 0. The van der Waals surface area contributed by atoms with Crippen LogP contribution in [0.25, 0.3) is 0 Å². The molecule has 0 heterocycles. The molecule has 0 saturated heterocycles. The van der Waals surface area contributed by atoms with Crippen LogP contribution in [0.1, 0.15) is 31.7 Å². The lowest BCUT2D eigenvalue weighted by atomic mass is 9.95. The Morgan fingerprint density at radius 3 is 2.53 bits per heavy atom. The Bertz CT molecular complexity index is 292. The van der Waals surface area contributed by atoms with Crippen molar-refractivity contribution in [2.24, 2.45) is 5.92 Å². The number of benzene rings is 1. The zero-order valence-electron chi connectivity index (χ0n) is 9.08. The molecule has 1 unspecified atom stereocenters. The molecule has 0 spiro atoms. The van der Waals surface area contributed by atoms with Gasteiger partial charge in [-0.05, 0) is 30.5 Å². The highest BCUT2D eigenvalue weighted by molar-refractivity contribution is 5.54. The van der Waals surface area contributed by atoms with Gasteiger partial charge in [0.25, 0.3) is 0 Å². The highest BCUT2D eigenvalue weighted by atomic mass is 19.1. The molecule has 1 aromatic carbocycles. The standard InChI is InChI=1S/C13H17FO/c1-2-3-4-12(10-15)9-11-5-7-13(14)8-6-11/h5-8,10,12H,2-4,9H2,1H3. The van der Waals surface area contributed by atoms with E-state index in [-0.39, 0.29) is 11.7 Å². The number of halogens is 1. The van der Waals surface area contributed by atoms with Gasteiger partial charge in [-0.2, -0.15) is 0 Å². The molecule has 2 heteroatoms. The summed E-state index contributed by atoms with van der Waals surface area (Å²) in [5.74, 6) is -0.148. The summed E-state index contributed by atoms with van der Waals surface area (Å²) in [4.78, 5) is 10.8. The summed E-state index contributed by atoms with van der Waals surface area (Å²) in [5.41, 5.74) is 1.03. The fourth-order valence-corrected chi connectivity index (χ4v) is 1.61. The number of hydrogen-bond donors (Lipinski definition) is 0. The smallest absolute Gasteiger partial charge is 0.123 e. The molecule has 0 aliphatic carbocycles. The van der Waals surface area contributed by atoms with Crippen molar-refractivity contribution in [2.75, 3.05) is 0 Å². The second-order valence-corrected chi connectivity index (χ2v) is 3.87. The maximum Gasteiger partial charge on any atom is 0.123 e. The van der Waals surface area contributed by atoms with Crippen LogP contribution in [-0.4, -0.2) is 6.29 Å². The van der Waals surface area contributed by atoms with Gasteiger partial charge in [-0.15, -0.1) is 0 Å². The average molecular weight is 208 g/mol. The lowest BCUT2D eigenvalue weighted by molar-refractivity contribution is -0.111. The lowest BCUT2D eigenvalue weighted by Gasteiger charge is -2.09. The molecule has 1 rings (SSSR count). The highest BCUT2D eigenvalue weighted by Crippen LogP contribution is 2.13. The normalized spacial score (nSPS) is 12.4. The molecule has 0 aliphatic heterocycles. The molecule has 82 valence electrons. The van der Waals surface area contributed by atoms with Gasteiger partial charge in [-0.1, -0.05) is 31.9 Å². The summed E-state index contributed by atoms with van der Waals surface area (Å²) in [6.45, 7) is 2.11. The molecule has 15 heavy (non-hydrogen) atoms. The maximum absolute atomic E-state index is 12.6. The Kier molecular flexibility index (Phi) is 5.02. The van der Waals surface area contributed by atoms with Crippen molar-refractivity contribution in [3.05, 3.63) is 35.6 Å². The number of carbonyl (C=O) groups excluding carboxylic acids is 1. The number of hydrogen-bond acceptors (Lipinski definition) is 1. The zero-order chi connectivity index (χ0) is 11.1. The van der Waals surface area contributed by atoms with E-state index in [1.807, 2.05) is 0 Å². The van der Waals surface area contributed by atoms with E-state index in [1.165, 1.54) is 12.1 Å². The Hall–Kier alpha value is -1.18. The van der Waals surface area contributed by atoms with Crippen LogP contribution in [0.3, 0.4) is 0 Å². The summed E-state index contributed by atoms with van der Waals surface area (Å²) < 4.78 is 12.6. The van der Waals surface area contributed by atoms with Gasteiger partial charge in [-0.25, -0.2) is 4.39 Å². The Morgan fingerprint density at radius 2 is 2.00 bits per heavy atom. The number of unbranched alkanes of at least 4 members (excludes halogenated alkanes) is 1. The van der Waals surface area contributed by atoms with Crippen molar-refractivity contribution in [1.82, 2.24) is 0 Å². The van der Waals surface area contributed by atoms with Gasteiger partial charge < -0.3 is 4.79 Å². The minimum absolute atomic E-state index is 0.0791. The van der Waals surface area contributed by atoms with E-state index in [0.29, 0.717) is 0 Å². The van der Waals surface area contributed by atoms with Gasteiger partial charge >= 0.3 is 0 Å². The SMILES string of the molecule is CCCCC(C=O)Cc1ccc(F)cc1. The topological polar surface area (TPSA) is 17.1 Å². The molecule has 0 aromatic heterocycles. The molecule has 1 aromatic rings. The quantitative estimate of drug-likeness (QED) is 0.655. The van der Waals surface area contributed by atoms with Gasteiger partial charge in [0, 0.05) is 5.92 Å². The number of aldehydes is 1. The first kappa shape index (κ1) is 11.9. The average Bonchev–Trinajstić information content (AvgIpc) is 2.27. The van der Waals surface area contributed by atoms with E-state index >= 15 is 0 Å². The predicted octanol–water partition coefficient (Wildman–Crippen LogP) is 3.37. The Labute approximate surface area is 90.3 Å². The molecule has 0 fully saturated rings. The van der Waals surface area contributed by atoms with Crippen molar-refractivity contribution in [1.29, 1.82) is 0 Å². The second kappa shape index (κ2) is 6.33. The molecule has 0 aliphatic rings. The molecule has 0 bridgehead atoms. The van der Waals surface area contributed by atoms with Crippen LogP contribution in [-0.2, 0) is 11.2 Å². The van der Waals surface area contributed by atoms with Crippen molar-refractivity contribution in [3.63, 3.8) is 0 Å². The van der Waals surface area contributed by atoms with E-state index in [2.05, 4.69) is 6.92 Å². The maximum atomic E-state index is 12.6. The van der Waals surface area contributed by atoms with Crippen LogP contribution in [0.15, 0.2) is 24.3 Å². The minimum Gasteiger partial charge on any atom is -0.303 e. The molecular formula is C13H17FO. The molecule has 0 N–H and O–H groups in total. The Balaban J connectivity index is 2.50. The minimum atomic E-state index is -0.227. The largest absolute Gasteiger partial charge is 0.303 e. The summed E-state index contributed by atoms with van der Waals surface area (Å²) in [7, 11) is 0. The van der Waals surface area contributed by atoms with Crippen LogP contribution in [0.5, 0.6) is 0 Å². The fraction of sp³-hybridized carbons (Fsp3) is 0.462. The van der Waals surface area contributed by atoms with E-state index in [9.17, 15) is 9.18 Å². The van der Waals surface area contributed by atoms with E-state index in [4.69, 9.17) is 0 Å². The van der Waals surface area contributed by atoms with E-state index in [0.717, 1.165) is 37.5 Å². The van der Waals surface area contributed by atoms with E-state index < -0.39 is 0 Å². The van der Waals surface area contributed by atoms with Crippen molar-refractivity contribution < 1.29 is 9.18 Å². The van der Waals surface area contributed by atoms with Gasteiger partial charge in [0.15, 0.2) is 0 Å². The number of carbonyl (C=O) groups is 1. The highest BCUT2D eigenvalue weighted by Gasteiger charge is 2.07. The molecule has 0 saturated carbocycles. The molecule has 0 amide bonds. The van der Waals surface area contributed by atoms with Gasteiger partial charge in [-0.3, -0.25) is 0 Å². The third-order valence-corrected chi connectivity index (χ3v) is 2.53. The monoisotopic (exact) mass is 208 g/mol. The molecule has 1 atom stereocenters. The number of rotatable bonds is 6. The van der Waals surface area contributed by atoms with Crippen LogP contribution >= 0.6 is 0 Å². The first-order valence-electron chi connectivity index (χ1n) is 5.46. The molecule has 0 radical (unpaired) electrons. The van der Waals surface area contributed by atoms with Gasteiger partial charge in [0.05, 0.1) is 0 Å². The van der Waals surface area contributed by atoms with E-state index in [1.54, 1.807) is 12.1 Å². The Morgan fingerprint density at radius 1 is 1.33 bits per heavy atom. The van der Waals surface area contributed by atoms with Crippen molar-refractivity contribution in [3.8, 4) is 0 Å². The summed E-state index contributed by atoms with van der Waals surface area (Å²) in [6.07, 6.45) is 4.85. The predicted molar refractivity (Wildman–Crippen MR) is 59.2 cm³/mol. The fourth-order valence-electron chi connectivity index (χ4n) is 1.61. The third-order valence-electron chi connectivity index (χ3n) is 2.53. The first-order chi connectivity index (χ1) is 7.26. The first-order valence-corrected chi connectivity index (χ1v) is 5.46. The van der Waals surface area contributed by atoms with Gasteiger partial charge in [0.2, 0.25) is 0 Å².